The molecule has 5 nitrogen and oxygen atoms in total. The second kappa shape index (κ2) is 7.43. The molecule has 0 radical (unpaired) electrons. The predicted molar refractivity (Wildman–Crippen MR) is 28.1 cm³/mol. The molecule has 0 rings (SSSR count). The topological polar surface area (TPSA) is 77.5 Å². The van der Waals surface area contributed by atoms with E-state index in [1.54, 1.807) is 0 Å². The van der Waals surface area contributed by atoms with E-state index in [0.717, 1.165) is 34.3 Å². The van der Waals surface area contributed by atoms with Crippen LogP contribution in [-0.2, 0) is 42.8 Å². The van der Waals surface area contributed by atoms with Crippen molar-refractivity contribution in [3.05, 3.63) is 0 Å². The molecule has 60 valence electrons. The molecule has 0 spiro atoms. The van der Waals surface area contributed by atoms with Gasteiger partial charge in [0.15, 0.2) is 0 Å². The molecule has 0 amide bonds. The van der Waals surface area contributed by atoms with E-state index in [-0.39, 0.29) is 0 Å². The average molecular weight is 194 g/mol. The van der Waals surface area contributed by atoms with Crippen LogP contribution in [0, 0.1) is 0 Å². The average Bonchev–Trinajstić information content (AvgIpc) is 1.90. The zero-order chi connectivity index (χ0) is 9.44. The van der Waals surface area contributed by atoms with Gasteiger partial charge in [-0.3, -0.25) is 9.59 Å². The van der Waals surface area contributed by atoms with E-state index in [1.165, 1.54) is 0 Å². The van der Waals surface area contributed by atoms with Crippen LogP contribution in [0.4, 0.5) is 0 Å². The molecule has 0 aliphatic heterocycles. The Labute approximate surface area is 74.8 Å². The molecular weight excluding hydrogens is 188 g/mol. The summed E-state index contributed by atoms with van der Waals surface area (Å²) in [6, 6.07) is 0. The minimum atomic E-state index is -1.11. The van der Waals surface area contributed by atoms with Gasteiger partial charge in [0, 0.05) is 13.8 Å². The summed E-state index contributed by atoms with van der Waals surface area (Å²) in [4.78, 5) is 30.2. The van der Waals surface area contributed by atoms with Crippen molar-refractivity contribution in [2.24, 2.45) is 0 Å². The van der Waals surface area contributed by atoms with Crippen molar-refractivity contribution in [2.75, 3.05) is 0 Å². The summed E-state index contributed by atoms with van der Waals surface area (Å²) in [5.41, 5.74) is 0. The molecule has 0 saturated carbocycles. The van der Waals surface area contributed by atoms with Crippen LogP contribution in [0.3, 0.4) is 0 Å². The number of ether oxygens (including phenoxy) is 1. The van der Waals surface area contributed by atoms with Gasteiger partial charge in [0.05, 0.1) is 0 Å². The number of ketones is 1. The summed E-state index contributed by atoms with van der Waals surface area (Å²) >= 11 is 0.750. The van der Waals surface area contributed by atoms with Gasteiger partial charge in [-0.1, -0.05) is 0 Å². The minimum absolute atomic E-state index is 0.750. The fraction of sp³-hybridized carbons (Fsp3) is 0.400. The summed E-state index contributed by atoms with van der Waals surface area (Å²) in [6.45, 7) is 2.09. The summed E-state index contributed by atoms with van der Waals surface area (Å²) in [7, 11) is 0. The number of carbonyl (C=O) groups is 3. The Hall–Kier alpha value is -0.676. The summed E-state index contributed by atoms with van der Waals surface area (Å²) in [6.07, 6.45) is 0. The van der Waals surface area contributed by atoms with Crippen molar-refractivity contribution < 1.29 is 42.8 Å². The van der Waals surface area contributed by atoms with Crippen LogP contribution >= 0.6 is 0 Å². The molecule has 0 heterocycles. The van der Waals surface area contributed by atoms with Crippen LogP contribution in [0.5, 0.6) is 0 Å². The first-order chi connectivity index (χ1) is 5.04. The van der Waals surface area contributed by atoms with E-state index >= 15 is 0 Å². The Morgan fingerprint density at radius 1 is 1.09 bits per heavy atom. The van der Waals surface area contributed by atoms with E-state index in [4.69, 9.17) is 3.32 Å². The first-order valence-electron chi connectivity index (χ1n) is 2.47. The van der Waals surface area contributed by atoms with Crippen LogP contribution in [0.2, 0.25) is 0 Å². The van der Waals surface area contributed by atoms with Crippen LogP contribution in [0.25, 0.3) is 0 Å². The van der Waals surface area contributed by atoms with Crippen LogP contribution in [0.1, 0.15) is 13.8 Å². The molecule has 0 aliphatic carbocycles. The Morgan fingerprint density at radius 2 is 1.45 bits per heavy atom. The SMILES string of the molecule is CC(=O)OC(=O)C(C)=O.[O]=[Ti]. The first-order valence-corrected chi connectivity index (χ1v) is 3.11. The van der Waals surface area contributed by atoms with E-state index in [2.05, 4.69) is 4.74 Å². The third-order valence-electron chi connectivity index (χ3n) is 0.524. The van der Waals surface area contributed by atoms with Crippen molar-refractivity contribution in [1.29, 1.82) is 0 Å². The van der Waals surface area contributed by atoms with Crippen molar-refractivity contribution in [1.82, 2.24) is 0 Å². The molecule has 0 aliphatic rings. The fourth-order valence-corrected chi connectivity index (χ4v) is 0.202. The molecular formula is C5H6O5Ti. The zero-order valence-corrected chi connectivity index (χ0v) is 7.60. The third kappa shape index (κ3) is 9.32. The quantitative estimate of drug-likeness (QED) is 0.244. The van der Waals surface area contributed by atoms with Crippen LogP contribution in [0.15, 0.2) is 0 Å². The van der Waals surface area contributed by atoms with Gasteiger partial charge < -0.3 is 4.74 Å². The molecule has 6 heteroatoms. The van der Waals surface area contributed by atoms with E-state index < -0.39 is 17.7 Å². The summed E-state index contributed by atoms with van der Waals surface area (Å²) in [5.74, 6) is -2.65. The van der Waals surface area contributed by atoms with E-state index in [9.17, 15) is 14.4 Å². The first kappa shape index (κ1) is 13.0. The van der Waals surface area contributed by atoms with Crippen molar-refractivity contribution in [3.8, 4) is 0 Å². The van der Waals surface area contributed by atoms with Crippen molar-refractivity contribution in [2.45, 2.75) is 13.8 Å². The molecule has 0 aromatic heterocycles. The van der Waals surface area contributed by atoms with Gasteiger partial charge in [-0.25, -0.2) is 4.79 Å². The maximum atomic E-state index is 10.2. The van der Waals surface area contributed by atoms with Gasteiger partial charge in [-0.2, -0.15) is 0 Å². The third-order valence-corrected chi connectivity index (χ3v) is 0.524. The van der Waals surface area contributed by atoms with Gasteiger partial charge in [0.25, 0.3) is 0 Å². The van der Waals surface area contributed by atoms with Crippen molar-refractivity contribution in [3.63, 3.8) is 0 Å². The number of hydrogen-bond donors (Lipinski definition) is 0. The normalized spacial score (nSPS) is 7.00. The Kier molecular flexibility index (Phi) is 8.75. The zero-order valence-electron chi connectivity index (χ0n) is 6.04. The van der Waals surface area contributed by atoms with Crippen LogP contribution < -0.4 is 0 Å². The standard InChI is InChI=1S/C5H6O4.O.Ti/c1-3(6)5(8)9-4(2)7;;/h1-2H3;;. The second-order valence-corrected chi connectivity index (χ2v) is 1.44. The molecule has 0 aromatic rings. The molecule has 0 N–H and O–H groups in total. The molecule has 0 aromatic carbocycles. The fourth-order valence-electron chi connectivity index (χ4n) is 0.202. The van der Waals surface area contributed by atoms with Crippen LogP contribution in [-0.4, -0.2) is 17.7 Å². The molecule has 0 bridgehead atoms. The van der Waals surface area contributed by atoms with Gasteiger partial charge in [0.2, 0.25) is 5.78 Å². The predicted octanol–water partition coefficient (Wildman–Crippen LogP) is -0.456. The molecule has 0 saturated heterocycles. The maximum absolute atomic E-state index is 10.2. The second-order valence-electron chi connectivity index (χ2n) is 1.44. The van der Waals surface area contributed by atoms with Gasteiger partial charge in [0.1, 0.15) is 0 Å². The van der Waals surface area contributed by atoms with E-state index in [1.807, 2.05) is 0 Å². The Balaban J connectivity index is 0. The summed E-state index contributed by atoms with van der Waals surface area (Å²) in [5, 5.41) is 0. The molecule has 0 unspecified atom stereocenters. The van der Waals surface area contributed by atoms with Gasteiger partial charge >= 0.3 is 35.7 Å². The Morgan fingerprint density at radius 3 is 1.55 bits per heavy atom. The van der Waals surface area contributed by atoms with Crippen molar-refractivity contribution >= 4 is 17.7 Å². The number of carbonyl (C=O) groups excluding carboxylic acids is 3. The van der Waals surface area contributed by atoms with Gasteiger partial charge in [-0.15, -0.1) is 0 Å². The number of hydrogen-bond acceptors (Lipinski definition) is 5. The Bertz CT molecular complexity index is 176. The van der Waals surface area contributed by atoms with Gasteiger partial charge in [-0.05, 0) is 0 Å². The van der Waals surface area contributed by atoms with E-state index in [0.29, 0.717) is 0 Å². The molecule has 0 fully saturated rings. The summed E-state index contributed by atoms with van der Waals surface area (Å²) < 4.78 is 12.1. The monoisotopic (exact) mass is 194 g/mol. The number of esters is 2. The number of rotatable bonds is 1. The molecule has 0 atom stereocenters. The number of Topliss-reactive ketones (excluding diaryl/α,β-unsaturated/α-hetero) is 1. The molecule has 11 heavy (non-hydrogen) atoms.